The summed E-state index contributed by atoms with van der Waals surface area (Å²) in [6.45, 7) is 8.08. The Bertz CT molecular complexity index is 283. The number of phenolic OH excluding ortho intramolecular Hbond substituents is 1. The number of rotatable bonds is 1. The summed E-state index contributed by atoms with van der Waals surface area (Å²) in [6.07, 6.45) is 0. The number of benzene rings is 1. The Hall–Kier alpha value is -1.22. The molecule has 1 aliphatic heterocycles. The van der Waals surface area contributed by atoms with Gasteiger partial charge in [-0.05, 0) is 12.1 Å². The molecule has 0 amide bonds. The molecule has 2 N–H and O–H groups in total. The molecule has 0 saturated carbocycles. The first-order chi connectivity index (χ1) is 7.36. The van der Waals surface area contributed by atoms with E-state index in [1.54, 1.807) is 6.07 Å². The molecule has 2 rings (SSSR count). The fourth-order valence-electron chi connectivity index (χ4n) is 1.61. The Morgan fingerprint density at radius 1 is 1.20 bits per heavy atom. The van der Waals surface area contributed by atoms with E-state index in [9.17, 15) is 5.11 Å². The second kappa shape index (κ2) is 6.30. The van der Waals surface area contributed by atoms with Crippen LogP contribution in [0.4, 0.5) is 5.69 Å². The molecular formula is C12H20N2O. The Morgan fingerprint density at radius 2 is 1.87 bits per heavy atom. The number of piperazine rings is 1. The Balaban J connectivity index is 0.000000531. The van der Waals surface area contributed by atoms with Gasteiger partial charge in [0.1, 0.15) is 5.75 Å². The fourth-order valence-corrected chi connectivity index (χ4v) is 1.61. The van der Waals surface area contributed by atoms with Crippen LogP contribution in [-0.2, 0) is 0 Å². The lowest BCUT2D eigenvalue weighted by molar-refractivity contribution is 0.475. The summed E-state index contributed by atoms with van der Waals surface area (Å²) < 4.78 is 0. The second-order valence-electron chi connectivity index (χ2n) is 3.26. The zero-order valence-corrected chi connectivity index (χ0v) is 9.53. The van der Waals surface area contributed by atoms with Gasteiger partial charge in [0.15, 0.2) is 0 Å². The molecule has 1 aromatic carbocycles. The summed E-state index contributed by atoms with van der Waals surface area (Å²) in [7, 11) is 0. The molecule has 0 spiro atoms. The van der Waals surface area contributed by atoms with E-state index in [2.05, 4.69) is 10.2 Å². The van der Waals surface area contributed by atoms with Gasteiger partial charge in [0.05, 0.1) is 0 Å². The summed E-state index contributed by atoms with van der Waals surface area (Å²) in [5, 5.41) is 12.6. The topological polar surface area (TPSA) is 35.5 Å². The van der Waals surface area contributed by atoms with Crippen LogP contribution in [-0.4, -0.2) is 31.3 Å². The van der Waals surface area contributed by atoms with E-state index in [0.29, 0.717) is 5.75 Å². The molecule has 0 atom stereocenters. The number of aromatic hydroxyl groups is 1. The molecule has 3 heteroatoms. The molecule has 1 saturated heterocycles. The van der Waals surface area contributed by atoms with Gasteiger partial charge in [0, 0.05) is 37.9 Å². The van der Waals surface area contributed by atoms with Crippen LogP contribution in [0.3, 0.4) is 0 Å². The van der Waals surface area contributed by atoms with Gasteiger partial charge < -0.3 is 15.3 Å². The monoisotopic (exact) mass is 208 g/mol. The van der Waals surface area contributed by atoms with Crippen LogP contribution in [0.5, 0.6) is 5.75 Å². The highest BCUT2D eigenvalue weighted by atomic mass is 16.3. The minimum atomic E-state index is 0.344. The van der Waals surface area contributed by atoms with Gasteiger partial charge >= 0.3 is 0 Å². The lowest BCUT2D eigenvalue weighted by atomic mass is 10.2. The molecule has 1 fully saturated rings. The highest BCUT2D eigenvalue weighted by molar-refractivity contribution is 5.50. The molecule has 15 heavy (non-hydrogen) atoms. The molecule has 84 valence electrons. The van der Waals surface area contributed by atoms with Crippen molar-refractivity contribution >= 4 is 5.69 Å². The average Bonchev–Trinajstić information content (AvgIpc) is 2.33. The Morgan fingerprint density at radius 3 is 2.47 bits per heavy atom. The van der Waals surface area contributed by atoms with Crippen LogP contribution in [0.25, 0.3) is 0 Å². The lowest BCUT2D eigenvalue weighted by Gasteiger charge is -2.29. The van der Waals surface area contributed by atoms with Crippen LogP contribution >= 0.6 is 0 Å². The van der Waals surface area contributed by atoms with E-state index in [0.717, 1.165) is 31.9 Å². The van der Waals surface area contributed by atoms with Crippen molar-refractivity contribution in [3.8, 4) is 5.75 Å². The van der Waals surface area contributed by atoms with Crippen molar-refractivity contribution in [2.45, 2.75) is 13.8 Å². The van der Waals surface area contributed by atoms with Gasteiger partial charge in [0.25, 0.3) is 0 Å². The number of hydrogen-bond donors (Lipinski definition) is 2. The highest BCUT2D eigenvalue weighted by Crippen LogP contribution is 2.19. The quantitative estimate of drug-likeness (QED) is 0.739. The van der Waals surface area contributed by atoms with Crippen LogP contribution in [0, 0.1) is 0 Å². The third-order valence-electron chi connectivity index (χ3n) is 2.31. The maximum atomic E-state index is 9.30. The zero-order valence-electron chi connectivity index (χ0n) is 9.53. The molecule has 0 radical (unpaired) electrons. The molecule has 1 aliphatic rings. The largest absolute Gasteiger partial charge is 0.508 e. The minimum Gasteiger partial charge on any atom is -0.508 e. The van der Waals surface area contributed by atoms with Crippen molar-refractivity contribution in [3.63, 3.8) is 0 Å². The maximum Gasteiger partial charge on any atom is 0.117 e. The summed E-state index contributed by atoms with van der Waals surface area (Å²) in [5.74, 6) is 0.344. The number of hydrogen-bond acceptors (Lipinski definition) is 3. The number of nitrogens with zero attached hydrogens (tertiary/aromatic N) is 1. The summed E-state index contributed by atoms with van der Waals surface area (Å²) >= 11 is 0. The lowest BCUT2D eigenvalue weighted by Crippen LogP contribution is -2.43. The predicted molar refractivity (Wildman–Crippen MR) is 64.5 cm³/mol. The van der Waals surface area contributed by atoms with Crippen LogP contribution in [0.1, 0.15) is 13.8 Å². The van der Waals surface area contributed by atoms with Crippen molar-refractivity contribution in [1.29, 1.82) is 0 Å². The second-order valence-corrected chi connectivity index (χ2v) is 3.26. The van der Waals surface area contributed by atoms with Gasteiger partial charge in [-0.25, -0.2) is 0 Å². The van der Waals surface area contributed by atoms with Crippen molar-refractivity contribution in [2.24, 2.45) is 0 Å². The number of nitrogens with one attached hydrogen (secondary N) is 1. The average molecular weight is 208 g/mol. The molecule has 0 aromatic heterocycles. The van der Waals surface area contributed by atoms with E-state index < -0.39 is 0 Å². The molecule has 1 aromatic rings. The first-order valence-electron chi connectivity index (χ1n) is 5.61. The smallest absolute Gasteiger partial charge is 0.117 e. The van der Waals surface area contributed by atoms with E-state index in [4.69, 9.17) is 0 Å². The van der Waals surface area contributed by atoms with Crippen molar-refractivity contribution < 1.29 is 5.11 Å². The third-order valence-corrected chi connectivity index (χ3v) is 2.31. The summed E-state index contributed by atoms with van der Waals surface area (Å²) in [6, 6.07) is 7.43. The maximum absolute atomic E-state index is 9.30. The Labute approximate surface area is 91.7 Å². The van der Waals surface area contributed by atoms with Crippen LogP contribution in [0.15, 0.2) is 24.3 Å². The van der Waals surface area contributed by atoms with Crippen molar-refractivity contribution in [2.75, 3.05) is 31.1 Å². The first-order valence-corrected chi connectivity index (χ1v) is 5.61. The van der Waals surface area contributed by atoms with Crippen molar-refractivity contribution in [3.05, 3.63) is 24.3 Å². The number of phenols is 1. The fraction of sp³-hybridized carbons (Fsp3) is 0.500. The summed E-state index contributed by atoms with van der Waals surface area (Å²) in [5.41, 5.74) is 1.11. The molecule has 0 unspecified atom stereocenters. The SMILES string of the molecule is CC.Oc1cccc(N2CCNCC2)c1. The van der Waals surface area contributed by atoms with Crippen LogP contribution in [0.2, 0.25) is 0 Å². The van der Waals surface area contributed by atoms with Gasteiger partial charge in [-0.2, -0.15) is 0 Å². The van der Waals surface area contributed by atoms with E-state index in [1.165, 1.54) is 0 Å². The molecular weight excluding hydrogens is 188 g/mol. The standard InChI is InChI=1S/C10H14N2O.C2H6/c13-10-3-1-2-9(8-10)12-6-4-11-5-7-12;1-2/h1-3,8,11,13H,4-7H2;1-2H3. The molecule has 0 aliphatic carbocycles. The summed E-state index contributed by atoms with van der Waals surface area (Å²) in [4.78, 5) is 2.27. The van der Waals surface area contributed by atoms with E-state index in [-0.39, 0.29) is 0 Å². The predicted octanol–water partition coefficient (Wildman–Crippen LogP) is 1.83. The normalized spacial score (nSPS) is 15.5. The minimum absolute atomic E-state index is 0.344. The third kappa shape index (κ3) is 3.44. The van der Waals surface area contributed by atoms with Crippen LogP contribution < -0.4 is 10.2 Å². The van der Waals surface area contributed by atoms with Crippen molar-refractivity contribution in [1.82, 2.24) is 5.32 Å². The Kier molecular flexibility index (Phi) is 4.98. The first kappa shape index (κ1) is 11.9. The molecule has 3 nitrogen and oxygen atoms in total. The highest BCUT2D eigenvalue weighted by Gasteiger charge is 2.09. The molecule has 1 heterocycles. The van der Waals surface area contributed by atoms with Gasteiger partial charge in [-0.3, -0.25) is 0 Å². The number of anilines is 1. The molecule has 0 bridgehead atoms. The van der Waals surface area contributed by atoms with Gasteiger partial charge in [-0.1, -0.05) is 19.9 Å². The van der Waals surface area contributed by atoms with Gasteiger partial charge in [0.2, 0.25) is 0 Å². The van der Waals surface area contributed by atoms with E-state index in [1.807, 2.05) is 32.0 Å². The van der Waals surface area contributed by atoms with E-state index >= 15 is 0 Å². The zero-order chi connectivity index (χ0) is 11.1. The van der Waals surface area contributed by atoms with Gasteiger partial charge in [-0.15, -0.1) is 0 Å².